The van der Waals surface area contributed by atoms with Crippen LogP contribution in [0.15, 0.2) is 60.9 Å². The predicted molar refractivity (Wildman–Crippen MR) is 104 cm³/mol. The normalized spacial score (nSPS) is 14.9. The number of hydrogen-bond donors (Lipinski definition) is 0. The zero-order valence-electron chi connectivity index (χ0n) is 15.7. The molecular weight excluding hydrogens is 357 g/mol. The number of amides is 1. The average molecular weight is 379 g/mol. The second-order valence-electron chi connectivity index (χ2n) is 6.96. The summed E-state index contributed by atoms with van der Waals surface area (Å²) in [6, 6.07) is 13.6. The molecule has 1 fully saturated rings. The van der Waals surface area contributed by atoms with Crippen molar-refractivity contribution in [2.75, 3.05) is 20.2 Å². The number of carbonyl (C=O) groups excluding carboxylic acids is 1. The standard InChI is InChI=1S/C22H22FN3O2/c1-28-21-5-3-2-4-20(21)22(27)25-12-10-16(11-13-25)17-14-24-26(15-17)19-8-6-18(23)7-9-19/h2-9,14-16H,10-13H2,1H3. The lowest BCUT2D eigenvalue weighted by Gasteiger charge is -2.32. The Morgan fingerprint density at radius 2 is 1.82 bits per heavy atom. The van der Waals surface area contributed by atoms with Gasteiger partial charge in [-0.2, -0.15) is 5.10 Å². The van der Waals surface area contributed by atoms with E-state index in [1.807, 2.05) is 35.5 Å². The molecule has 0 N–H and O–H groups in total. The van der Waals surface area contributed by atoms with Gasteiger partial charge in [-0.25, -0.2) is 9.07 Å². The molecule has 0 unspecified atom stereocenters. The van der Waals surface area contributed by atoms with E-state index in [0.29, 0.717) is 30.3 Å². The molecule has 28 heavy (non-hydrogen) atoms. The number of para-hydroxylation sites is 1. The largest absolute Gasteiger partial charge is 0.496 e. The van der Waals surface area contributed by atoms with Gasteiger partial charge in [0.2, 0.25) is 0 Å². The summed E-state index contributed by atoms with van der Waals surface area (Å²) in [5.41, 5.74) is 2.58. The first kappa shape index (κ1) is 18.2. The third-order valence-corrected chi connectivity index (χ3v) is 5.28. The third-order valence-electron chi connectivity index (χ3n) is 5.28. The highest BCUT2D eigenvalue weighted by atomic mass is 19.1. The van der Waals surface area contributed by atoms with Crippen LogP contribution in [0.3, 0.4) is 0 Å². The van der Waals surface area contributed by atoms with Crippen LogP contribution in [0.4, 0.5) is 4.39 Å². The molecule has 2 aromatic carbocycles. The molecule has 1 aromatic heterocycles. The zero-order chi connectivity index (χ0) is 19.5. The Hall–Kier alpha value is -3.15. The molecule has 0 radical (unpaired) electrons. The van der Waals surface area contributed by atoms with E-state index in [1.165, 1.54) is 12.1 Å². The van der Waals surface area contributed by atoms with Crippen LogP contribution in [0.5, 0.6) is 5.75 Å². The molecule has 0 aliphatic carbocycles. The summed E-state index contributed by atoms with van der Waals surface area (Å²) in [6.07, 6.45) is 5.63. The Labute approximate surface area is 163 Å². The van der Waals surface area contributed by atoms with Gasteiger partial charge < -0.3 is 9.64 Å². The second-order valence-corrected chi connectivity index (χ2v) is 6.96. The number of piperidine rings is 1. The van der Waals surface area contributed by atoms with Gasteiger partial charge in [0, 0.05) is 19.3 Å². The molecule has 1 amide bonds. The molecule has 0 atom stereocenters. The second kappa shape index (κ2) is 7.84. The molecule has 1 aliphatic rings. The number of carbonyl (C=O) groups is 1. The smallest absolute Gasteiger partial charge is 0.257 e. The summed E-state index contributed by atoms with van der Waals surface area (Å²) < 4.78 is 20.2. The van der Waals surface area contributed by atoms with Crippen molar-refractivity contribution in [2.24, 2.45) is 0 Å². The van der Waals surface area contributed by atoms with E-state index in [1.54, 1.807) is 30.0 Å². The van der Waals surface area contributed by atoms with Crippen molar-refractivity contribution in [3.63, 3.8) is 0 Å². The zero-order valence-corrected chi connectivity index (χ0v) is 15.7. The van der Waals surface area contributed by atoms with Crippen LogP contribution in [0.2, 0.25) is 0 Å². The maximum Gasteiger partial charge on any atom is 0.257 e. The summed E-state index contributed by atoms with van der Waals surface area (Å²) in [4.78, 5) is 14.7. The SMILES string of the molecule is COc1ccccc1C(=O)N1CCC(c2cnn(-c3ccc(F)cc3)c2)CC1. The molecule has 3 aromatic rings. The lowest BCUT2D eigenvalue weighted by molar-refractivity contribution is 0.0709. The van der Waals surface area contributed by atoms with Crippen molar-refractivity contribution in [3.8, 4) is 11.4 Å². The highest BCUT2D eigenvalue weighted by Crippen LogP contribution is 2.30. The van der Waals surface area contributed by atoms with Crippen molar-refractivity contribution in [3.05, 3.63) is 77.9 Å². The molecule has 1 saturated heterocycles. The van der Waals surface area contributed by atoms with E-state index in [2.05, 4.69) is 5.10 Å². The Bertz CT molecular complexity index is 960. The van der Waals surface area contributed by atoms with Crippen LogP contribution in [0.25, 0.3) is 5.69 Å². The quantitative estimate of drug-likeness (QED) is 0.687. The van der Waals surface area contributed by atoms with E-state index in [9.17, 15) is 9.18 Å². The average Bonchev–Trinajstić information content (AvgIpc) is 3.24. The first-order valence-corrected chi connectivity index (χ1v) is 9.38. The highest BCUT2D eigenvalue weighted by molar-refractivity contribution is 5.97. The monoisotopic (exact) mass is 379 g/mol. The lowest BCUT2D eigenvalue weighted by atomic mass is 9.91. The van der Waals surface area contributed by atoms with Gasteiger partial charge in [0.25, 0.3) is 5.91 Å². The van der Waals surface area contributed by atoms with E-state index >= 15 is 0 Å². The topological polar surface area (TPSA) is 47.4 Å². The first-order valence-electron chi connectivity index (χ1n) is 9.38. The number of benzene rings is 2. The molecule has 0 saturated carbocycles. The fourth-order valence-corrected chi connectivity index (χ4v) is 3.69. The van der Waals surface area contributed by atoms with Crippen LogP contribution in [0.1, 0.15) is 34.7 Å². The summed E-state index contributed by atoms with van der Waals surface area (Å²) in [5, 5.41) is 4.41. The number of methoxy groups -OCH3 is 1. The van der Waals surface area contributed by atoms with Gasteiger partial charge >= 0.3 is 0 Å². The molecular formula is C22H22FN3O2. The van der Waals surface area contributed by atoms with Gasteiger partial charge in [-0.05, 0) is 60.7 Å². The fraction of sp³-hybridized carbons (Fsp3) is 0.273. The minimum absolute atomic E-state index is 0.0120. The van der Waals surface area contributed by atoms with Crippen LogP contribution in [0, 0.1) is 5.82 Å². The van der Waals surface area contributed by atoms with E-state index in [0.717, 1.165) is 24.1 Å². The third kappa shape index (κ3) is 3.63. The lowest BCUT2D eigenvalue weighted by Crippen LogP contribution is -2.38. The minimum atomic E-state index is -0.261. The van der Waals surface area contributed by atoms with Crippen molar-refractivity contribution >= 4 is 5.91 Å². The number of ether oxygens (including phenoxy) is 1. The van der Waals surface area contributed by atoms with Crippen LogP contribution < -0.4 is 4.74 Å². The maximum atomic E-state index is 13.1. The molecule has 1 aliphatic heterocycles. The molecule has 0 spiro atoms. The van der Waals surface area contributed by atoms with Crippen LogP contribution >= 0.6 is 0 Å². The Morgan fingerprint density at radius 1 is 1.11 bits per heavy atom. The van der Waals surface area contributed by atoms with Gasteiger partial charge in [-0.15, -0.1) is 0 Å². The number of hydrogen-bond acceptors (Lipinski definition) is 3. The number of likely N-dealkylation sites (tertiary alicyclic amines) is 1. The maximum absolute atomic E-state index is 13.1. The molecule has 144 valence electrons. The van der Waals surface area contributed by atoms with Gasteiger partial charge in [0.05, 0.1) is 24.6 Å². The first-order chi connectivity index (χ1) is 13.7. The Kier molecular flexibility index (Phi) is 5.10. The number of halogens is 1. The van der Waals surface area contributed by atoms with Gasteiger partial charge in [-0.1, -0.05) is 12.1 Å². The number of aromatic nitrogens is 2. The molecule has 6 heteroatoms. The summed E-state index contributed by atoms with van der Waals surface area (Å²) in [7, 11) is 1.58. The molecule has 2 heterocycles. The summed E-state index contributed by atoms with van der Waals surface area (Å²) in [6.45, 7) is 1.40. The number of rotatable bonds is 4. The molecule has 0 bridgehead atoms. The minimum Gasteiger partial charge on any atom is -0.496 e. The molecule has 4 rings (SSSR count). The predicted octanol–water partition coefficient (Wildman–Crippen LogP) is 4.04. The van der Waals surface area contributed by atoms with Gasteiger partial charge in [0.15, 0.2) is 0 Å². The van der Waals surface area contributed by atoms with Gasteiger partial charge in [0.1, 0.15) is 11.6 Å². The van der Waals surface area contributed by atoms with Crippen molar-refractivity contribution in [2.45, 2.75) is 18.8 Å². The summed E-state index contributed by atoms with van der Waals surface area (Å²) in [5.74, 6) is 0.715. The van der Waals surface area contributed by atoms with Crippen molar-refractivity contribution < 1.29 is 13.9 Å². The Morgan fingerprint density at radius 3 is 2.54 bits per heavy atom. The highest BCUT2D eigenvalue weighted by Gasteiger charge is 2.26. The van der Waals surface area contributed by atoms with Crippen LogP contribution in [-0.4, -0.2) is 40.8 Å². The van der Waals surface area contributed by atoms with E-state index in [4.69, 9.17) is 4.74 Å². The van der Waals surface area contributed by atoms with Crippen molar-refractivity contribution in [1.82, 2.24) is 14.7 Å². The van der Waals surface area contributed by atoms with E-state index in [-0.39, 0.29) is 11.7 Å². The summed E-state index contributed by atoms with van der Waals surface area (Å²) >= 11 is 0. The van der Waals surface area contributed by atoms with Crippen LogP contribution in [-0.2, 0) is 0 Å². The van der Waals surface area contributed by atoms with Gasteiger partial charge in [-0.3, -0.25) is 4.79 Å². The van der Waals surface area contributed by atoms with E-state index < -0.39 is 0 Å². The Balaban J connectivity index is 1.42. The molecule has 5 nitrogen and oxygen atoms in total. The number of nitrogens with zero attached hydrogens (tertiary/aromatic N) is 3. The van der Waals surface area contributed by atoms with Crippen molar-refractivity contribution in [1.29, 1.82) is 0 Å². The fourth-order valence-electron chi connectivity index (χ4n) is 3.69.